The van der Waals surface area contributed by atoms with Crippen LogP contribution in [0.2, 0.25) is 0 Å². The Bertz CT molecular complexity index is 259. The minimum Gasteiger partial charge on any atom is -0.394 e. The van der Waals surface area contributed by atoms with Crippen LogP contribution in [0, 0.1) is 5.92 Å². The van der Waals surface area contributed by atoms with Crippen LogP contribution >= 0.6 is 0 Å². The number of hydrogen-bond acceptors (Lipinski definition) is 4. The Labute approximate surface area is 109 Å². The van der Waals surface area contributed by atoms with Crippen LogP contribution in [0.25, 0.3) is 0 Å². The van der Waals surface area contributed by atoms with Gasteiger partial charge in [-0.3, -0.25) is 4.79 Å². The van der Waals surface area contributed by atoms with Gasteiger partial charge in [0.15, 0.2) is 0 Å². The number of ether oxygens (including phenoxy) is 1. The van der Waals surface area contributed by atoms with Gasteiger partial charge in [0, 0.05) is 13.7 Å². The molecule has 0 bridgehead atoms. The molecule has 1 fully saturated rings. The van der Waals surface area contributed by atoms with Crippen molar-refractivity contribution in [3.8, 4) is 0 Å². The fourth-order valence-corrected chi connectivity index (χ4v) is 2.45. The van der Waals surface area contributed by atoms with Gasteiger partial charge in [-0.05, 0) is 31.6 Å². The van der Waals surface area contributed by atoms with Gasteiger partial charge in [0.1, 0.15) is 0 Å². The monoisotopic (exact) mass is 258 g/mol. The van der Waals surface area contributed by atoms with Crippen LogP contribution < -0.4 is 11.1 Å². The molecule has 5 nitrogen and oxygen atoms in total. The predicted molar refractivity (Wildman–Crippen MR) is 70.1 cm³/mol. The van der Waals surface area contributed by atoms with Crippen LogP contribution in [0.1, 0.15) is 39.0 Å². The largest absolute Gasteiger partial charge is 0.394 e. The van der Waals surface area contributed by atoms with E-state index in [1.807, 2.05) is 0 Å². The number of hydrogen-bond donors (Lipinski definition) is 3. The number of rotatable bonds is 6. The molecule has 1 amide bonds. The number of aliphatic hydroxyl groups excluding tert-OH is 1. The Kier molecular flexibility index (Phi) is 6.05. The lowest BCUT2D eigenvalue weighted by molar-refractivity contribution is -0.126. The van der Waals surface area contributed by atoms with Gasteiger partial charge in [0.25, 0.3) is 0 Å². The Morgan fingerprint density at radius 3 is 2.61 bits per heavy atom. The Hall–Kier alpha value is -0.650. The standard InChI is InChI=1S/C13H26N2O3/c1-10-3-5-13(9-16,6-4-10)15-12(17)7-11(8-14)18-2/h10-11,16H,3-9,14H2,1-2H3,(H,15,17). The van der Waals surface area contributed by atoms with Gasteiger partial charge < -0.3 is 20.9 Å². The molecule has 1 atom stereocenters. The minimum atomic E-state index is -0.434. The van der Waals surface area contributed by atoms with E-state index in [9.17, 15) is 9.90 Å². The summed E-state index contributed by atoms with van der Waals surface area (Å²) >= 11 is 0. The maximum atomic E-state index is 11.9. The fourth-order valence-electron chi connectivity index (χ4n) is 2.45. The van der Waals surface area contributed by atoms with E-state index in [2.05, 4.69) is 12.2 Å². The summed E-state index contributed by atoms with van der Waals surface area (Å²) in [5.41, 5.74) is 5.06. The van der Waals surface area contributed by atoms with E-state index in [0.29, 0.717) is 12.5 Å². The van der Waals surface area contributed by atoms with Gasteiger partial charge in [-0.15, -0.1) is 0 Å². The molecule has 4 N–H and O–H groups in total. The van der Waals surface area contributed by atoms with Crippen LogP contribution in [-0.2, 0) is 9.53 Å². The third-order valence-electron chi connectivity index (χ3n) is 3.95. The first-order valence-electron chi connectivity index (χ1n) is 6.70. The van der Waals surface area contributed by atoms with Crippen molar-refractivity contribution in [2.45, 2.75) is 50.7 Å². The van der Waals surface area contributed by atoms with Crippen LogP contribution in [0.5, 0.6) is 0 Å². The van der Waals surface area contributed by atoms with Gasteiger partial charge in [0.2, 0.25) is 5.91 Å². The molecule has 0 heterocycles. The highest BCUT2D eigenvalue weighted by molar-refractivity contribution is 5.77. The fraction of sp³-hybridized carbons (Fsp3) is 0.923. The number of methoxy groups -OCH3 is 1. The van der Waals surface area contributed by atoms with Crippen molar-refractivity contribution in [1.29, 1.82) is 0 Å². The number of carbonyl (C=O) groups is 1. The second kappa shape index (κ2) is 7.07. The van der Waals surface area contributed by atoms with E-state index in [1.54, 1.807) is 7.11 Å². The molecule has 1 unspecified atom stereocenters. The average molecular weight is 258 g/mol. The summed E-state index contributed by atoms with van der Waals surface area (Å²) in [6.45, 7) is 2.54. The average Bonchev–Trinajstić information content (AvgIpc) is 2.39. The molecule has 1 rings (SSSR count). The van der Waals surface area contributed by atoms with Crippen LogP contribution in [-0.4, -0.2) is 42.9 Å². The van der Waals surface area contributed by atoms with Gasteiger partial charge in [0.05, 0.1) is 24.7 Å². The molecule has 106 valence electrons. The van der Waals surface area contributed by atoms with E-state index < -0.39 is 5.54 Å². The van der Waals surface area contributed by atoms with Crippen molar-refractivity contribution in [1.82, 2.24) is 5.32 Å². The van der Waals surface area contributed by atoms with Crippen molar-refractivity contribution in [3.05, 3.63) is 0 Å². The third-order valence-corrected chi connectivity index (χ3v) is 3.95. The number of nitrogens with one attached hydrogen (secondary N) is 1. The van der Waals surface area contributed by atoms with Gasteiger partial charge in [-0.25, -0.2) is 0 Å². The molecule has 1 saturated carbocycles. The zero-order valence-electron chi connectivity index (χ0n) is 11.4. The Morgan fingerprint density at radius 2 is 2.17 bits per heavy atom. The summed E-state index contributed by atoms with van der Waals surface area (Å²) < 4.78 is 5.09. The molecule has 0 aliphatic heterocycles. The molecule has 0 saturated heterocycles. The molecule has 18 heavy (non-hydrogen) atoms. The lowest BCUT2D eigenvalue weighted by Gasteiger charge is -2.39. The van der Waals surface area contributed by atoms with Crippen molar-refractivity contribution in [2.24, 2.45) is 11.7 Å². The predicted octanol–water partition coefficient (Wildman–Crippen LogP) is 0.408. The van der Waals surface area contributed by atoms with Crippen molar-refractivity contribution in [2.75, 3.05) is 20.3 Å². The van der Waals surface area contributed by atoms with Crippen molar-refractivity contribution >= 4 is 5.91 Å². The molecule has 1 aliphatic rings. The Morgan fingerprint density at radius 1 is 1.56 bits per heavy atom. The first kappa shape index (κ1) is 15.4. The topological polar surface area (TPSA) is 84.6 Å². The Balaban J connectivity index is 2.49. The second-order valence-electron chi connectivity index (χ2n) is 5.47. The molecule has 0 aromatic rings. The van der Waals surface area contributed by atoms with Crippen LogP contribution in [0.4, 0.5) is 0 Å². The number of aliphatic hydroxyl groups is 1. The molecule has 1 aliphatic carbocycles. The third kappa shape index (κ3) is 4.23. The molecule has 0 aromatic carbocycles. The van der Waals surface area contributed by atoms with E-state index in [-0.39, 0.29) is 25.0 Å². The molecular formula is C13H26N2O3. The molecule has 0 aromatic heterocycles. The maximum absolute atomic E-state index is 11.9. The van der Waals surface area contributed by atoms with E-state index >= 15 is 0 Å². The minimum absolute atomic E-state index is 0.00569. The lowest BCUT2D eigenvalue weighted by atomic mass is 9.77. The summed E-state index contributed by atoms with van der Waals surface area (Å²) in [5, 5.41) is 12.5. The highest BCUT2D eigenvalue weighted by Gasteiger charge is 2.35. The molecule has 0 radical (unpaired) electrons. The SMILES string of the molecule is COC(CN)CC(=O)NC1(CO)CCC(C)CC1. The highest BCUT2D eigenvalue weighted by atomic mass is 16.5. The maximum Gasteiger partial charge on any atom is 0.223 e. The normalized spacial score (nSPS) is 29.9. The highest BCUT2D eigenvalue weighted by Crippen LogP contribution is 2.31. The van der Waals surface area contributed by atoms with Gasteiger partial charge >= 0.3 is 0 Å². The van der Waals surface area contributed by atoms with Crippen LogP contribution in [0.15, 0.2) is 0 Å². The van der Waals surface area contributed by atoms with Crippen molar-refractivity contribution < 1.29 is 14.6 Å². The lowest BCUT2D eigenvalue weighted by Crippen LogP contribution is -2.54. The van der Waals surface area contributed by atoms with E-state index in [4.69, 9.17) is 10.5 Å². The van der Waals surface area contributed by atoms with Gasteiger partial charge in [-0.2, -0.15) is 0 Å². The van der Waals surface area contributed by atoms with E-state index in [0.717, 1.165) is 25.7 Å². The molecular weight excluding hydrogens is 232 g/mol. The molecule has 0 spiro atoms. The van der Waals surface area contributed by atoms with E-state index in [1.165, 1.54) is 0 Å². The quantitative estimate of drug-likeness (QED) is 0.644. The van der Waals surface area contributed by atoms with Crippen LogP contribution in [0.3, 0.4) is 0 Å². The first-order valence-corrected chi connectivity index (χ1v) is 6.70. The summed E-state index contributed by atoms with van der Waals surface area (Å²) in [5.74, 6) is 0.591. The van der Waals surface area contributed by atoms with Crippen molar-refractivity contribution in [3.63, 3.8) is 0 Å². The second-order valence-corrected chi connectivity index (χ2v) is 5.47. The summed E-state index contributed by atoms with van der Waals surface area (Å²) in [6.07, 6.45) is 3.79. The molecule has 5 heteroatoms. The summed E-state index contributed by atoms with van der Waals surface area (Å²) in [4.78, 5) is 11.9. The summed E-state index contributed by atoms with van der Waals surface area (Å²) in [7, 11) is 1.55. The number of nitrogens with two attached hydrogens (primary N) is 1. The number of amides is 1. The summed E-state index contributed by atoms with van der Waals surface area (Å²) in [6, 6.07) is 0. The van der Waals surface area contributed by atoms with Gasteiger partial charge in [-0.1, -0.05) is 6.92 Å². The number of carbonyl (C=O) groups excluding carboxylic acids is 1. The zero-order valence-corrected chi connectivity index (χ0v) is 11.4. The first-order chi connectivity index (χ1) is 8.55. The smallest absolute Gasteiger partial charge is 0.223 e. The zero-order chi connectivity index (χ0) is 13.6.